The van der Waals surface area contributed by atoms with Gasteiger partial charge < -0.3 is 15.0 Å². The monoisotopic (exact) mass is 327 g/mol. The molecule has 5 heteroatoms. The van der Waals surface area contributed by atoms with Gasteiger partial charge in [-0.15, -0.1) is 6.42 Å². The summed E-state index contributed by atoms with van der Waals surface area (Å²) in [7, 11) is 0. The number of piperidine rings is 1. The Kier molecular flexibility index (Phi) is 5.60. The maximum atomic E-state index is 12.0. The van der Waals surface area contributed by atoms with Gasteiger partial charge >= 0.3 is 6.03 Å². The lowest BCUT2D eigenvalue weighted by Crippen LogP contribution is -2.54. The first-order valence-corrected chi connectivity index (χ1v) is 8.69. The Morgan fingerprint density at radius 3 is 2.79 bits per heavy atom. The number of carbonyl (C=O) groups is 1. The van der Waals surface area contributed by atoms with Gasteiger partial charge in [-0.3, -0.25) is 4.90 Å². The van der Waals surface area contributed by atoms with E-state index in [4.69, 9.17) is 11.2 Å². The SMILES string of the molecule is C#CCOc1ccccc1CN1CCC(N2CCCNC2=O)CC1. The Hall–Kier alpha value is -2.19. The summed E-state index contributed by atoms with van der Waals surface area (Å²) in [6, 6.07) is 8.54. The van der Waals surface area contributed by atoms with E-state index in [-0.39, 0.29) is 6.03 Å². The van der Waals surface area contributed by atoms with E-state index in [1.54, 1.807) is 0 Å². The molecule has 0 bridgehead atoms. The van der Waals surface area contributed by atoms with Crippen LogP contribution in [0.15, 0.2) is 24.3 Å². The molecule has 128 valence electrons. The van der Waals surface area contributed by atoms with Crippen molar-refractivity contribution >= 4 is 6.03 Å². The van der Waals surface area contributed by atoms with Crippen LogP contribution in [0.3, 0.4) is 0 Å². The fourth-order valence-electron chi connectivity index (χ4n) is 3.52. The van der Waals surface area contributed by atoms with Gasteiger partial charge in [0.15, 0.2) is 0 Å². The molecule has 2 fully saturated rings. The second-order valence-electron chi connectivity index (χ2n) is 6.39. The number of rotatable bonds is 5. The minimum Gasteiger partial charge on any atom is -0.481 e. The third-order valence-electron chi connectivity index (χ3n) is 4.79. The predicted octanol–water partition coefficient (Wildman–Crippen LogP) is 2.08. The van der Waals surface area contributed by atoms with Gasteiger partial charge in [0, 0.05) is 44.3 Å². The molecule has 2 aliphatic heterocycles. The number of likely N-dealkylation sites (tertiary alicyclic amines) is 1. The molecule has 2 amide bonds. The van der Waals surface area contributed by atoms with E-state index in [1.165, 1.54) is 5.56 Å². The van der Waals surface area contributed by atoms with E-state index in [0.29, 0.717) is 12.6 Å². The Balaban J connectivity index is 1.54. The highest BCUT2D eigenvalue weighted by molar-refractivity contribution is 5.75. The number of terminal acetylenes is 1. The standard InChI is InChI=1S/C19H25N3O2/c1-2-14-24-18-7-4-3-6-16(18)15-21-12-8-17(9-13-21)22-11-5-10-20-19(22)23/h1,3-4,6-7,17H,5,8-15H2,(H,20,23). The van der Waals surface area contributed by atoms with Crippen molar-refractivity contribution in [2.45, 2.75) is 31.8 Å². The molecular formula is C19H25N3O2. The summed E-state index contributed by atoms with van der Waals surface area (Å²) in [5.74, 6) is 3.38. The molecule has 1 N–H and O–H groups in total. The van der Waals surface area contributed by atoms with E-state index in [2.05, 4.69) is 22.2 Å². The van der Waals surface area contributed by atoms with Crippen molar-refractivity contribution in [2.75, 3.05) is 32.8 Å². The number of para-hydroxylation sites is 1. The van der Waals surface area contributed by atoms with Crippen LogP contribution in [0.2, 0.25) is 0 Å². The largest absolute Gasteiger partial charge is 0.481 e. The second-order valence-corrected chi connectivity index (χ2v) is 6.39. The van der Waals surface area contributed by atoms with E-state index >= 15 is 0 Å². The van der Waals surface area contributed by atoms with Gasteiger partial charge in [0.1, 0.15) is 12.4 Å². The summed E-state index contributed by atoms with van der Waals surface area (Å²) in [5.41, 5.74) is 1.17. The third-order valence-corrected chi connectivity index (χ3v) is 4.79. The molecule has 0 aliphatic carbocycles. The molecular weight excluding hydrogens is 302 g/mol. The van der Waals surface area contributed by atoms with Crippen molar-refractivity contribution in [3.8, 4) is 18.1 Å². The highest BCUT2D eigenvalue weighted by atomic mass is 16.5. The van der Waals surface area contributed by atoms with Crippen molar-refractivity contribution < 1.29 is 9.53 Å². The average molecular weight is 327 g/mol. The van der Waals surface area contributed by atoms with Crippen molar-refractivity contribution in [3.63, 3.8) is 0 Å². The van der Waals surface area contributed by atoms with E-state index < -0.39 is 0 Å². The van der Waals surface area contributed by atoms with Gasteiger partial charge in [-0.05, 0) is 25.3 Å². The summed E-state index contributed by atoms with van der Waals surface area (Å²) in [6.45, 7) is 4.85. The molecule has 0 saturated carbocycles. The first kappa shape index (κ1) is 16.7. The number of hydrogen-bond acceptors (Lipinski definition) is 3. The molecule has 3 rings (SSSR count). The maximum Gasteiger partial charge on any atom is 0.317 e. The Labute approximate surface area is 144 Å². The van der Waals surface area contributed by atoms with Gasteiger partial charge in [-0.2, -0.15) is 0 Å². The van der Waals surface area contributed by atoms with E-state index in [1.807, 2.05) is 23.1 Å². The highest BCUT2D eigenvalue weighted by Gasteiger charge is 2.29. The number of benzene rings is 1. The molecule has 2 saturated heterocycles. The van der Waals surface area contributed by atoms with Crippen LogP contribution < -0.4 is 10.1 Å². The van der Waals surface area contributed by atoms with Crippen LogP contribution in [0.4, 0.5) is 4.79 Å². The fourth-order valence-corrected chi connectivity index (χ4v) is 3.52. The van der Waals surface area contributed by atoms with Crippen molar-refractivity contribution in [1.29, 1.82) is 0 Å². The van der Waals surface area contributed by atoms with Crippen LogP contribution in [0, 0.1) is 12.3 Å². The summed E-state index contributed by atoms with van der Waals surface area (Å²) < 4.78 is 5.63. The number of amides is 2. The Bertz CT molecular complexity index is 603. The zero-order chi connectivity index (χ0) is 16.8. The van der Waals surface area contributed by atoms with Crippen LogP contribution in [0.25, 0.3) is 0 Å². The van der Waals surface area contributed by atoms with Gasteiger partial charge in [0.25, 0.3) is 0 Å². The summed E-state index contributed by atoms with van der Waals surface area (Å²) in [5, 5.41) is 2.95. The van der Waals surface area contributed by atoms with Gasteiger partial charge in [0.05, 0.1) is 0 Å². The maximum absolute atomic E-state index is 12.0. The van der Waals surface area contributed by atoms with E-state index in [0.717, 1.165) is 57.7 Å². The van der Waals surface area contributed by atoms with Crippen LogP contribution in [-0.2, 0) is 6.54 Å². The lowest BCUT2D eigenvalue weighted by molar-refractivity contribution is 0.108. The van der Waals surface area contributed by atoms with Crippen LogP contribution in [0.1, 0.15) is 24.8 Å². The lowest BCUT2D eigenvalue weighted by atomic mass is 10.0. The van der Waals surface area contributed by atoms with Crippen molar-refractivity contribution in [3.05, 3.63) is 29.8 Å². The molecule has 1 aromatic rings. The van der Waals surface area contributed by atoms with Crippen LogP contribution >= 0.6 is 0 Å². The Morgan fingerprint density at radius 1 is 1.25 bits per heavy atom. The molecule has 1 aromatic carbocycles. The minimum absolute atomic E-state index is 0.104. The number of nitrogens with one attached hydrogen (secondary N) is 1. The van der Waals surface area contributed by atoms with Gasteiger partial charge in [-0.1, -0.05) is 24.1 Å². The molecule has 0 radical (unpaired) electrons. The number of hydrogen-bond donors (Lipinski definition) is 1. The molecule has 24 heavy (non-hydrogen) atoms. The highest BCUT2D eigenvalue weighted by Crippen LogP contribution is 2.24. The predicted molar refractivity (Wildman–Crippen MR) is 93.8 cm³/mol. The second kappa shape index (κ2) is 8.07. The third kappa shape index (κ3) is 4.01. The molecule has 2 aliphatic rings. The minimum atomic E-state index is 0.104. The molecule has 5 nitrogen and oxygen atoms in total. The number of urea groups is 1. The first-order chi connectivity index (χ1) is 11.8. The van der Waals surface area contributed by atoms with Crippen molar-refractivity contribution in [2.24, 2.45) is 0 Å². The number of ether oxygens (including phenoxy) is 1. The molecule has 0 spiro atoms. The normalized spacial score (nSPS) is 19.6. The number of carbonyl (C=O) groups excluding carboxylic acids is 1. The molecule has 0 unspecified atom stereocenters. The fraction of sp³-hybridized carbons (Fsp3) is 0.526. The van der Waals surface area contributed by atoms with Gasteiger partial charge in [0.2, 0.25) is 0 Å². The summed E-state index contributed by atoms with van der Waals surface area (Å²) >= 11 is 0. The zero-order valence-electron chi connectivity index (χ0n) is 14.0. The average Bonchev–Trinajstić information content (AvgIpc) is 2.62. The van der Waals surface area contributed by atoms with E-state index in [9.17, 15) is 4.79 Å². The van der Waals surface area contributed by atoms with Gasteiger partial charge in [-0.25, -0.2) is 4.79 Å². The molecule has 2 heterocycles. The molecule has 0 atom stereocenters. The van der Waals surface area contributed by atoms with Crippen molar-refractivity contribution in [1.82, 2.24) is 15.1 Å². The van der Waals surface area contributed by atoms with Crippen LogP contribution in [0.5, 0.6) is 5.75 Å². The topological polar surface area (TPSA) is 44.8 Å². The zero-order valence-corrected chi connectivity index (χ0v) is 14.0. The quantitative estimate of drug-likeness (QED) is 0.842. The van der Waals surface area contributed by atoms with Crippen LogP contribution in [-0.4, -0.2) is 54.7 Å². The summed E-state index contributed by atoms with van der Waals surface area (Å²) in [6.07, 6.45) is 8.39. The first-order valence-electron chi connectivity index (χ1n) is 8.69. The molecule has 0 aromatic heterocycles. The lowest BCUT2D eigenvalue weighted by Gasteiger charge is -2.40. The Morgan fingerprint density at radius 2 is 2.04 bits per heavy atom. The summed E-state index contributed by atoms with van der Waals surface area (Å²) in [4.78, 5) is 16.4. The smallest absolute Gasteiger partial charge is 0.317 e. The number of nitrogens with zero attached hydrogens (tertiary/aromatic N) is 2.